The SMILES string of the molecule is Cc1cc(COCCOCc2ccccc2)c(Cl)nc1OCc1ccccc1. The molecule has 28 heavy (non-hydrogen) atoms. The molecule has 0 aliphatic carbocycles. The van der Waals surface area contributed by atoms with Gasteiger partial charge in [-0.1, -0.05) is 72.3 Å². The van der Waals surface area contributed by atoms with Gasteiger partial charge in [0.2, 0.25) is 5.88 Å². The van der Waals surface area contributed by atoms with E-state index in [1.54, 1.807) is 0 Å². The zero-order valence-electron chi connectivity index (χ0n) is 15.9. The summed E-state index contributed by atoms with van der Waals surface area (Å²) in [7, 11) is 0. The van der Waals surface area contributed by atoms with Crippen LogP contribution in [0.3, 0.4) is 0 Å². The Labute approximate surface area is 171 Å². The molecule has 1 aromatic heterocycles. The predicted molar refractivity (Wildman–Crippen MR) is 111 cm³/mol. The van der Waals surface area contributed by atoms with E-state index in [9.17, 15) is 0 Å². The molecule has 0 unspecified atom stereocenters. The van der Waals surface area contributed by atoms with Crippen molar-refractivity contribution in [1.29, 1.82) is 0 Å². The minimum atomic E-state index is 0.389. The van der Waals surface area contributed by atoms with Crippen molar-refractivity contribution in [1.82, 2.24) is 4.98 Å². The number of hydrogen-bond donors (Lipinski definition) is 0. The summed E-state index contributed by atoms with van der Waals surface area (Å²) in [5.41, 5.74) is 4.01. The van der Waals surface area contributed by atoms with Crippen LogP contribution in [-0.2, 0) is 29.3 Å². The second-order valence-electron chi connectivity index (χ2n) is 6.43. The number of hydrogen-bond acceptors (Lipinski definition) is 4. The monoisotopic (exact) mass is 397 g/mol. The van der Waals surface area contributed by atoms with Gasteiger partial charge in [0.25, 0.3) is 0 Å². The van der Waals surface area contributed by atoms with Gasteiger partial charge in [0.1, 0.15) is 11.8 Å². The molecule has 0 aliphatic heterocycles. The zero-order chi connectivity index (χ0) is 19.6. The van der Waals surface area contributed by atoms with Gasteiger partial charge in [-0.3, -0.25) is 0 Å². The molecule has 0 atom stereocenters. The van der Waals surface area contributed by atoms with Crippen molar-refractivity contribution in [3.8, 4) is 5.88 Å². The van der Waals surface area contributed by atoms with E-state index in [0.29, 0.717) is 44.1 Å². The lowest BCUT2D eigenvalue weighted by Crippen LogP contribution is -2.06. The molecule has 0 N–H and O–H groups in total. The van der Waals surface area contributed by atoms with Gasteiger partial charge >= 0.3 is 0 Å². The van der Waals surface area contributed by atoms with Crippen LogP contribution in [0.25, 0.3) is 0 Å². The molecule has 5 heteroatoms. The third-order valence-electron chi connectivity index (χ3n) is 4.15. The van der Waals surface area contributed by atoms with Crippen molar-refractivity contribution in [3.63, 3.8) is 0 Å². The molecule has 0 bridgehead atoms. The Balaban J connectivity index is 1.42. The van der Waals surface area contributed by atoms with Crippen molar-refractivity contribution >= 4 is 11.6 Å². The Morgan fingerprint density at radius 3 is 2.00 bits per heavy atom. The Bertz CT molecular complexity index is 856. The maximum atomic E-state index is 6.30. The van der Waals surface area contributed by atoms with Crippen molar-refractivity contribution in [2.24, 2.45) is 0 Å². The Kier molecular flexibility index (Phi) is 7.85. The van der Waals surface area contributed by atoms with Crippen LogP contribution < -0.4 is 4.74 Å². The van der Waals surface area contributed by atoms with Crippen LogP contribution in [0.4, 0.5) is 0 Å². The van der Waals surface area contributed by atoms with Crippen LogP contribution in [0.2, 0.25) is 5.15 Å². The molecule has 0 aliphatic rings. The van der Waals surface area contributed by atoms with Gasteiger partial charge in [0, 0.05) is 11.1 Å². The van der Waals surface area contributed by atoms with Gasteiger partial charge in [-0.15, -0.1) is 0 Å². The molecule has 4 nitrogen and oxygen atoms in total. The Hall–Kier alpha value is -2.40. The highest BCUT2D eigenvalue weighted by molar-refractivity contribution is 6.30. The van der Waals surface area contributed by atoms with Crippen LogP contribution in [0.15, 0.2) is 66.7 Å². The molecule has 3 rings (SSSR count). The van der Waals surface area contributed by atoms with Crippen LogP contribution in [0.1, 0.15) is 22.3 Å². The smallest absolute Gasteiger partial charge is 0.218 e. The second-order valence-corrected chi connectivity index (χ2v) is 6.78. The maximum Gasteiger partial charge on any atom is 0.218 e. The normalized spacial score (nSPS) is 10.8. The third-order valence-corrected chi connectivity index (χ3v) is 4.48. The van der Waals surface area contributed by atoms with E-state index in [1.165, 1.54) is 0 Å². The average Bonchev–Trinajstić information content (AvgIpc) is 2.73. The van der Waals surface area contributed by atoms with Gasteiger partial charge in [-0.25, -0.2) is 4.98 Å². The highest BCUT2D eigenvalue weighted by atomic mass is 35.5. The standard InChI is InChI=1S/C23H24ClNO3/c1-18-14-21(17-27-13-12-26-15-19-8-4-2-5-9-19)22(24)25-23(18)28-16-20-10-6-3-7-11-20/h2-11,14H,12-13,15-17H2,1H3. The fourth-order valence-electron chi connectivity index (χ4n) is 2.67. The summed E-state index contributed by atoms with van der Waals surface area (Å²) in [6.45, 7) is 4.40. The molecular weight excluding hydrogens is 374 g/mol. The largest absolute Gasteiger partial charge is 0.473 e. The zero-order valence-corrected chi connectivity index (χ0v) is 16.7. The first-order valence-corrected chi connectivity index (χ1v) is 9.62. The molecule has 0 amide bonds. The number of nitrogens with zero attached hydrogens (tertiary/aromatic N) is 1. The van der Waals surface area contributed by atoms with Crippen LogP contribution >= 0.6 is 11.6 Å². The third kappa shape index (κ3) is 6.34. The average molecular weight is 398 g/mol. The van der Waals surface area contributed by atoms with Crippen molar-refractivity contribution in [3.05, 3.63) is 94.1 Å². The molecule has 1 heterocycles. The lowest BCUT2D eigenvalue weighted by atomic mass is 10.2. The summed E-state index contributed by atoms with van der Waals surface area (Å²) in [4.78, 5) is 4.37. The van der Waals surface area contributed by atoms with E-state index in [2.05, 4.69) is 4.98 Å². The summed E-state index contributed by atoms with van der Waals surface area (Å²) < 4.78 is 17.1. The van der Waals surface area contributed by atoms with E-state index < -0.39 is 0 Å². The van der Waals surface area contributed by atoms with Crippen molar-refractivity contribution in [2.75, 3.05) is 13.2 Å². The van der Waals surface area contributed by atoms with E-state index in [4.69, 9.17) is 25.8 Å². The number of rotatable bonds is 10. The number of ether oxygens (including phenoxy) is 3. The molecule has 0 fully saturated rings. The number of aryl methyl sites for hydroxylation is 1. The van der Waals surface area contributed by atoms with E-state index in [0.717, 1.165) is 22.3 Å². The molecule has 3 aromatic rings. The summed E-state index contributed by atoms with van der Waals surface area (Å²) in [5.74, 6) is 0.545. The summed E-state index contributed by atoms with van der Waals surface area (Å²) in [6.07, 6.45) is 0. The van der Waals surface area contributed by atoms with Crippen molar-refractivity contribution in [2.45, 2.75) is 26.7 Å². The van der Waals surface area contributed by atoms with Gasteiger partial charge in [-0.2, -0.15) is 0 Å². The van der Waals surface area contributed by atoms with Gasteiger partial charge in [0.05, 0.1) is 26.4 Å². The van der Waals surface area contributed by atoms with Crippen molar-refractivity contribution < 1.29 is 14.2 Å². The minimum Gasteiger partial charge on any atom is -0.473 e. The van der Waals surface area contributed by atoms with E-state index >= 15 is 0 Å². The number of pyridine rings is 1. The molecule has 0 radical (unpaired) electrons. The fourth-order valence-corrected chi connectivity index (χ4v) is 2.86. The molecule has 0 spiro atoms. The Morgan fingerprint density at radius 1 is 0.786 bits per heavy atom. The number of benzene rings is 2. The lowest BCUT2D eigenvalue weighted by molar-refractivity contribution is 0.0338. The first kappa shape index (κ1) is 20.3. The predicted octanol–water partition coefficient (Wildman–Crippen LogP) is 5.36. The molecule has 0 saturated carbocycles. The van der Waals surface area contributed by atoms with Crippen LogP contribution in [0, 0.1) is 6.92 Å². The minimum absolute atomic E-state index is 0.389. The highest BCUT2D eigenvalue weighted by Gasteiger charge is 2.09. The molecule has 2 aromatic carbocycles. The Morgan fingerprint density at radius 2 is 1.36 bits per heavy atom. The number of halogens is 1. The summed E-state index contributed by atoms with van der Waals surface area (Å²) >= 11 is 6.30. The first-order chi connectivity index (χ1) is 13.7. The van der Waals surface area contributed by atoms with Gasteiger partial charge in [-0.05, 0) is 24.1 Å². The quantitative estimate of drug-likeness (QED) is 0.341. The topological polar surface area (TPSA) is 40.6 Å². The number of aromatic nitrogens is 1. The fraction of sp³-hybridized carbons (Fsp3) is 0.261. The molecule has 146 valence electrons. The summed E-state index contributed by atoms with van der Waals surface area (Å²) in [5, 5.41) is 0.402. The van der Waals surface area contributed by atoms with Crippen LogP contribution in [0.5, 0.6) is 5.88 Å². The van der Waals surface area contributed by atoms with E-state index in [-0.39, 0.29) is 0 Å². The second kappa shape index (κ2) is 10.8. The lowest BCUT2D eigenvalue weighted by Gasteiger charge is -2.12. The maximum absolute atomic E-state index is 6.30. The first-order valence-electron chi connectivity index (χ1n) is 9.24. The summed E-state index contributed by atoms with van der Waals surface area (Å²) in [6, 6.07) is 22.0. The van der Waals surface area contributed by atoms with Crippen LogP contribution in [-0.4, -0.2) is 18.2 Å². The van der Waals surface area contributed by atoms with Gasteiger partial charge in [0.15, 0.2) is 0 Å². The van der Waals surface area contributed by atoms with E-state index in [1.807, 2.05) is 73.7 Å². The molecular formula is C23H24ClNO3. The molecule has 0 saturated heterocycles. The highest BCUT2D eigenvalue weighted by Crippen LogP contribution is 2.24. The van der Waals surface area contributed by atoms with Gasteiger partial charge < -0.3 is 14.2 Å².